The van der Waals surface area contributed by atoms with Crippen molar-refractivity contribution in [3.63, 3.8) is 0 Å². The summed E-state index contributed by atoms with van der Waals surface area (Å²) in [4.78, 5) is 24.8. The number of aryl methyl sites for hydroxylation is 1. The van der Waals surface area contributed by atoms with Crippen LogP contribution in [0.25, 0.3) is 11.0 Å². The summed E-state index contributed by atoms with van der Waals surface area (Å²) < 4.78 is 21.8. The highest BCUT2D eigenvalue weighted by atomic mass is 16.5. The highest BCUT2D eigenvalue weighted by molar-refractivity contribution is 6.03. The number of fused-ring (bicyclic) bond motifs is 1. The molecule has 1 atom stereocenters. The van der Waals surface area contributed by atoms with Crippen molar-refractivity contribution in [2.24, 2.45) is 5.10 Å². The molecule has 0 saturated carbocycles. The number of hydrogen-bond donors (Lipinski definition) is 0. The average Bonchev–Trinajstić information content (AvgIpc) is 3.52. The molecule has 34 heavy (non-hydrogen) atoms. The van der Waals surface area contributed by atoms with Gasteiger partial charge in [-0.1, -0.05) is 0 Å². The molecular weight excluding hydrogens is 436 g/mol. The standard InChI is InChI=1S/C26H22N2O6/c1-16-12-26(30)34-24-13-19(9-10-20(16)24)33-15-25(29)28-22(23-4-3-11-32-23)14-21(27-28)17-5-7-18(31-2)8-6-17/h3-13,22H,14-15H2,1-2H3/t22-/m1/s1. The minimum absolute atomic E-state index is 0.238. The van der Waals surface area contributed by atoms with Gasteiger partial charge in [0, 0.05) is 23.9 Å². The lowest BCUT2D eigenvalue weighted by Gasteiger charge is -2.20. The molecule has 0 spiro atoms. The summed E-state index contributed by atoms with van der Waals surface area (Å²) >= 11 is 0. The summed E-state index contributed by atoms with van der Waals surface area (Å²) in [5.41, 5.74) is 2.45. The van der Waals surface area contributed by atoms with Crippen molar-refractivity contribution >= 4 is 22.6 Å². The molecule has 8 heteroatoms. The second-order valence-electron chi connectivity index (χ2n) is 7.94. The third-order valence-electron chi connectivity index (χ3n) is 5.75. The minimum atomic E-state index is -0.433. The molecule has 4 aromatic rings. The lowest BCUT2D eigenvalue weighted by Crippen LogP contribution is -2.31. The van der Waals surface area contributed by atoms with Crippen LogP contribution < -0.4 is 15.1 Å². The molecule has 1 aliphatic heterocycles. The molecule has 8 nitrogen and oxygen atoms in total. The van der Waals surface area contributed by atoms with Crippen LogP contribution in [0.15, 0.2) is 85.7 Å². The maximum absolute atomic E-state index is 13.1. The maximum atomic E-state index is 13.1. The summed E-state index contributed by atoms with van der Waals surface area (Å²) in [6.07, 6.45) is 2.08. The number of methoxy groups -OCH3 is 1. The number of furan rings is 1. The van der Waals surface area contributed by atoms with E-state index in [1.807, 2.05) is 37.3 Å². The van der Waals surface area contributed by atoms with Gasteiger partial charge in [-0.05, 0) is 66.6 Å². The third-order valence-corrected chi connectivity index (χ3v) is 5.75. The van der Waals surface area contributed by atoms with Crippen molar-refractivity contribution in [1.29, 1.82) is 0 Å². The van der Waals surface area contributed by atoms with Crippen LogP contribution in [-0.2, 0) is 4.79 Å². The van der Waals surface area contributed by atoms with Gasteiger partial charge in [0.1, 0.15) is 28.9 Å². The van der Waals surface area contributed by atoms with Crippen molar-refractivity contribution in [3.05, 3.63) is 94.2 Å². The van der Waals surface area contributed by atoms with Crippen LogP contribution in [0.3, 0.4) is 0 Å². The Morgan fingerprint density at radius 1 is 1.12 bits per heavy atom. The number of benzene rings is 2. The van der Waals surface area contributed by atoms with Crippen LogP contribution in [0.5, 0.6) is 11.5 Å². The summed E-state index contributed by atoms with van der Waals surface area (Å²) in [5, 5.41) is 6.81. The molecule has 0 N–H and O–H groups in total. The Hall–Kier alpha value is -4.33. The number of hydrazone groups is 1. The van der Waals surface area contributed by atoms with Crippen LogP contribution in [0.4, 0.5) is 0 Å². The molecule has 0 fully saturated rings. The fourth-order valence-electron chi connectivity index (χ4n) is 4.01. The van der Waals surface area contributed by atoms with Gasteiger partial charge in [-0.25, -0.2) is 9.80 Å². The fourth-order valence-corrected chi connectivity index (χ4v) is 4.01. The molecular formula is C26H22N2O6. The Morgan fingerprint density at radius 3 is 2.65 bits per heavy atom. The van der Waals surface area contributed by atoms with Crippen LogP contribution in [-0.4, -0.2) is 30.3 Å². The van der Waals surface area contributed by atoms with E-state index in [2.05, 4.69) is 5.10 Å². The number of hydrogen-bond acceptors (Lipinski definition) is 7. The van der Waals surface area contributed by atoms with E-state index in [1.165, 1.54) is 11.1 Å². The monoisotopic (exact) mass is 458 g/mol. The first kappa shape index (κ1) is 21.5. The third kappa shape index (κ3) is 4.17. The smallest absolute Gasteiger partial charge is 0.336 e. The first-order valence-electron chi connectivity index (χ1n) is 10.8. The molecule has 1 aliphatic rings. The van der Waals surface area contributed by atoms with Gasteiger partial charge in [-0.2, -0.15) is 5.10 Å². The zero-order valence-electron chi connectivity index (χ0n) is 18.7. The Kier molecular flexibility index (Phi) is 5.63. The van der Waals surface area contributed by atoms with Crippen molar-refractivity contribution in [1.82, 2.24) is 5.01 Å². The van der Waals surface area contributed by atoms with Crippen LogP contribution in [0.2, 0.25) is 0 Å². The van der Waals surface area contributed by atoms with E-state index >= 15 is 0 Å². The Balaban J connectivity index is 1.37. The van der Waals surface area contributed by atoms with Crippen molar-refractivity contribution in [2.45, 2.75) is 19.4 Å². The van der Waals surface area contributed by atoms with E-state index in [0.29, 0.717) is 23.5 Å². The van der Waals surface area contributed by atoms with Gasteiger partial charge >= 0.3 is 5.63 Å². The topological polar surface area (TPSA) is 94.5 Å². The highest BCUT2D eigenvalue weighted by Gasteiger charge is 2.35. The van der Waals surface area contributed by atoms with Crippen molar-refractivity contribution < 1.29 is 23.1 Å². The summed E-state index contributed by atoms with van der Waals surface area (Å²) in [6.45, 7) is 1.60. The zero-order chi connectivity index (χ0) is 23.7. The SMILES string of the molecule is COc1ccc(C2=NN(C(=O)COc3ccc4c(C)cc(=O)oc4c3)[C@@H](c3ccco3)C2)cc1. The van der Waals surface area contributed by atoms with E-state index in [9.17, 15) is 9.59 Å². The number of ether oxygens (including phenoxy) is 2. The largest absolute Gasteiger partial charge is 0.497 e. The number of carbonyl (C=O) groups is 1. The van der Waals surface area contributed by atoms with Crippen molar-refractivity contribution in [3.8, 4) is 11.5 Å². The number of rotatable bonds is 6. The summed E-state index contributed by atoms with van der Waals surface area (Å²) in [6, 6.07) is 17.3. The number of amides is 1. The van der Waals surface area contributed by atoms with Gasteiger partial charge in [0.15, 0.2) is 6.61 Å². The van der Waals surface area contributed by atoms with Gasteiger partial charge in [0.2, 0.25) is 0 Å². The normalized spacial score (nSPS) is 15.4. The molecule has 0 saturated heterocycles. The fraction of sp³-hybridized carbons (Fsp3) is 0.192. The predicted octanol–water partition coefficient (Wildman–Crippen LogP) is 4.46. The van der Waals surface area contributed by atoms with Gasteiger partial charge in [0.25, 0.3) is 5.91 Å². The predicted molar refractivity (Wildman–Crippen MR) is 125 cm³/mol. The lowest BCUT2D eigenvalue weighted by atomic mass is 10.0. The lowest BCUT2D eigenvalue weighted by molar-refractivity contribution is -0.135. The summed E-state index contributed by atoms with van der Waals surface area (Å²) in [7, 11) is 1.61. The molecule has 0 bridgehead atoms. The average molecular weight is 458 g/mol. The van der Waals surface area contributed by atoms with Crippen LogP contribution in [0.1, 0.15) is 29.3 Å². The zero-order valence-corrected chi connectivity index (χ0v) is 18.7. The minimum Gasteiger partial charge on any atom is -0.497 e. The maximum Gasteiger partial charge on any atom is 0.336 e. The second-order valence-corrected chi connectivity index (χ2v) is 7.94. The molecule has 1 amide bonds. The van der Waals surface area contributed by atoms with Gasteiger partial charge in [-0.15, -0.1) is 0 Å². The van der Waals surface area contributed by atoms with E-state index < -0.39 is 5.63 Å². The van der Waals surface area contributed by atoms with Crippen LogP contribution >= 0.6 is 0 Å². The Bertz CT molecular complexity index is 1420. The van der Waals surface area contributed by atoms with Gasteiger partial charge < -0.3 is 18.3 Å². The molecule has 2 aromatic carbocycles. The molecule has 2 aromatic heterocycles. The molecule has 172 valence electrons. The number of carbonyl (C=O) groups excluding carboxylic acids is 1. The molecule has 3 heterocycles. The first-order chi connectivity index (χ1) is 16.5. The number of nitrogens with zero attached hydrogens (tertiary/aromatic N) is 2. The molecule has 0 unspecified atom stereocenters. The van der Waals surface area contributed by atoms with E-state index in [1.54, 1.807) is 37.6 Å². The van der Waals surface area contributed by atoms with Crippen molar-refractivity contribution in [2.75, 3.05) is 13.7 Å². The van der Waals surface area contributed by atoms with Gasteiger partial charge in [0.05, 0.1) is 19.1 Å². The second kappa shape index (κ2) is 8.90. The van der Waals surface area contributed by atoms with Crippen LogP contribution in [0, 0.1) is 6.92 Å². The quantitative estimate of drug-likeness (QED) is 0.396. The summed E-state index contributed by atoms with van der Waals surface area (Å²) in [5.74, 6) is 1.48. The van der Waals surface area contributed by atoms with E-state index in [0.717, 1.165) is 28.0 Å². The molecule has 5 rings (SSSR count). The molecule has 0 radical (unpaired) electrons. The van der Waals surface area contributed by atoms with E-state index in [-0.39, 0.29) is 18.6 Å². The Morgan fingerprint density at radius 2 is 1.91 bits per heavy atom. The Labute approximate surface area is 195 Å². The highest BCUT2D eigenvalue weighted by Crippen LogP contribution is 2.33. The molecule has 0 aliphatic carbocycles. The van der Waals surface area contributed by atoms with E-state index in [4.69, 9.17) is 18.3 Å². The van der Waals surface area contributed by atoms with Gasteiger partial charge in [-0.3, -0.25) is 4.79 Å². The first-order valence-corrected chi connectivity index (χ1v) is 10.8.